The van der Waals surface area contributed by atoms with Gasteiger partial charge in [0, 0.05) is 23.1 Å². The summed E-state index contributed by atoms with van der Waals surface area (Å²) in [6.07, 6.45) is 1.67. The van der Waals surface area contributed by atoms with Gasteiger partial charge in [0.15, 0.2) is 5.11 Å². The van der Waals surface area contributed by atoms with Gasteiger partial charge in [-0.1, -0.05) is 0 Å². The SMILES string of the molecule is COc1ccc2c(/C=C3/C(=O)NC(=S)NC3C)cc(=O)oc2c1. The van der Waals surface area contributed by atoms with Crippen LogP contribution in [0.2, 0.25) is 0 Å². The van der Waals surface area contributed by atoms with Crippen molar-refractivity contribution >= 4 is 40.3 Å². The van der Waals surface area contributed by atoms with Gasteiger partial charge in [0.1, 0.15) is 11.3 Å². The summed E-state index contributed by atoms with van der Waals surface area (Å²) in [6.45, 7) is 1.83. The molecule has 7 heteroatoms. The molecule has 118 valence electrons. The van der Waals surface area contributed by atoms with E-state index in [4.69, 9.17) is 21.4 Å². The third-order valence-electron chi connectivity index (χ3n) is 3.60. The number of amides is 1. The Morgan fingerprint density at radius 2 is 2.09 bits per heavy atom. The first-order valence-corrected chi connectivity index (χ1v) is 7.34. The molecular weight excluding hydrogens is 316 g/mol. The summed E-state index contributed by atoms with van der Waals surface area (Å²) in [5.41, 5.74) is 0.993. The van der Waals surface area contributed by atoms with Gasteiger partial charge in [-0.25, -0.2) is 4.79 Å². The second-order valence-corrected chi connectivity index (χ2v) is 5.54. The highest BCUT2D eigenvalue weighted by atomic mass is 32.1. The number of methoxy groups -OCH3 is 1. The molecule has 1 unspecified atom stereocenters. The molecule has 1 saturated heterocycles. The van der Waals surface area contributed by atoms with E-state index in [1.807, 2.05) is 6.92 Å². The molecule has 1 atom stereocenters. The molecule has 2 aromatic rings. The molecule has 3 rings (SSSR count). The number of carbonyl (C=O) groups is 1. The highest BCUT2D eigenvalue weighted by Gasteiger charge is 2.24. The van der Waals surface area contributed by atoms with E-state index in [1.54, 1.807) is 24.3 Å². The van der Waals surface area contributed by atoms with Gasteiger partial charge in [-0.05, 0) is 42.9 Å². The van der Waals surface area contributed by atoms with Crippen molar-refractivity contribution in [2.45, 2.75) is 13.0 Å². The number of carbonyl (C=O) groups excluding carboxylic acids is 1. The predicted molar refractivity (Wildman–Crippen MR) is 90.4 cm³/mol. The Morgan fingerprint density at radius 3 is 2.78 bits per heavy atom. The van der Waals surface area contributed by atoms with Crippen molar-refractivity contribution in [3.63, 3.8) is 0 Å². The minimum Gasteiger partial charge on any atom is -0.497 e. The number of hydrogen-bond acceptors (Lipinski definition) is 5. The normalized spacial score (nSPS) is 19.6. The van der Waals surface area contributed by atoms with Crippen molar-refractivity contribution in [3.05, 3.63) is 45.8 Å². The van der Waals surface area contributed by atoms with Crippen molar-refractivity contribution in [2.24, 2.45) is 0 Å². The van der Waals surface area contributed by atoms with E-state index in [9.17, 15) is 9.59 Å². The number of nitrogens with one attached hydrogen (secondary N) is 2. The summed E-state index contributed by atoms with van der Waals surface area (Å²) in [5, 5.41) is 6.53. The monoisotopic (exact) mass is 330 g/mol. The van der Waals surface area contributed by atoms with Crippen LogP contribution in [0.3, 0.4) is 0 Å². The van der Waals surface area contributed by atoms with Gasteiger partial charge in [-0.2, -0.15) is 0 Å². The highest BCUT2D eigenvalue weighted by molar-refractivity contribution is 7.80. The van der Waals surface area contributed by atoms with Crippen molar-refractivity contribution in [2.75, 3.05) is 7.11 Å². The maximum Gasteiger partial charge on any atom is 0.336 e. The summed E-state index contributed by atoms with van der Waals surface area (Å²) >= 11 is 4.95. The van der Waals surface area contributed by atoms with Crippen LogP contribution in [0.4, 0.5) is 0 Å². The van der Waals surface area contributed by atoms with E-state index in [-0.39, 0.29) is 11.9 Å². The van der Waals surface area contributed by atoms with Crippen molar-refractivity contribution < 1.29 is 13.9 Å². The largest absolute Gasteiger partial charge is 0.497 e. The molecule has 1 aromatic carbocycles. The van der Waals surface area contributed by atoms with Crippen LogP contribution in [0.15, 0.2) is 39.1 Å². The number of hydrogen-bond donors (Lipinski definition) is 2. The first-order chi connectivity index (χ1) is 11.0. The summed E-state index contributed by atoms with van der Waals surface area (Å²) < 4.78 is 10.3. The Hall–Kier alpha value is -2.67. The number of fused-ring (bicyclic) bond motifs is 1. The zero-order valence-corrected chi connectivity index (χ0v) is 13.3. The number of rotatable bonds is 2. The van der Waals surface area contributed by atoms with Crippen LogP contribution in [-0.2, 0) is 4.79 Å². The second kappa shape index (κ2) is 5.85. The number of thiocarbonyl (C=S) groups is 1. The molecule has 2 N–H and O–H groups in total. The molecule has 1 amide bonds. The molecule has 0 saturated carbocycles. The van der Waals surface area contributed by atoms with Crippen LogP contribution in [0, 0.1) is 0 Å². The maximum absolute atomic E-state index is 12.1. The quantitative estimate of drug-likeness (QED) is 0.494. The van der Waals surface area contributed by atoms with E-state index in [1.165, 1.54) is 13.2 Å². The van der Waals surface area contributed by atoms with Crippen molar-refractivity contribution in [1.82, 2.24) is 10.6 Å². The topological polar surface area (TPSA) is 80.6 Å². The fourth-order valence-electron chi connectivity index (χ4n) is 2.46. The standard InChI is InChI=1S/C16H14N2O4S/c1-8-12(15(20)18-16(23)17-8)5-9-6-14(19)22-13-7-10(21-2)3-4-11(9)13/h3-8H,1-2H3,(H2,17,18,20,23)/b12-5+. The molecule has 1 aromatic heterocycles. The first-order valence-electron chi connectivity index (χ1n) is 6.93. The maximum atomic E-state index is 12.1. The van der Waals surface area contributed by atoms with Gasteiger partial charge >= 0.3 is 5.63 Å². The van der Waals surface area contributed by atoms with Crippen LogP contribution in [0.1, 0.15) is 12.5 Å². The zero-order valence-electron chi connectivity index (χ0n) is 12.5. The van der Waals surface area contributed by atoms with Gasteiger partial charge in [0.05, 0.1) is 13.2 Å². The minimum absolute atomic E-state index is 0.253. The van der Waals surface area contributed by atoms with E-state index in [0.29, 0.717) is 33.0 Å². The van der Waals surface area contributed by atoms with Crippen LogP contribution in [0.5, 0.6) is 5.75 Å². The van der Waals surface area contributed by atoms with Crippen LogP contribution < -0.4 is 21.0 Å². The summed E-state index contributed by atoms with van der Waals surface area (Å²) in [6, 6.07) is 6.29. The molecule has 0 radical (unpaired) electrons. The molecule has 0 bridgehead atoms. The lowest BCUT2D eigenvalue weighted by atomic mass is 10.0. The van der Waals surface area contributed by atoms with Crippen molar-refractivity contribution in [1.29, 1.82) is 0 Å². The Labute approximate surface area is 137 Å². The Kier molecular flexibility index (Phi) is 3.87. The third-order valence-corrected chi connectivity index (χ3v) is 3.82. The molecular formula is C16H14N2O4S. The van der Waals surface area contributed by atoms with Crippen LogP contribution in [-0.4, -0.2) is 24.2 Å². The fourth-order valence-corrected chi connectivity index (χ4v) is 2.72. The molecule has 6 nitrogen and oxygen atoms in total. The highest BCUT2D eigenvalue weighted by Crippen LogP contribution is 2.24. The molecule has 1 fully saturated rings. The average Bonchev–Trinajstić information content (AvgIpc) is 2.49. The lowest BCUT2D eigenvalue weighted by Gasteiger charge is -2.25. The smallest absolute Gasteiger partial charge is 0.336 e. The zero-order chi connectivity index (χ0) is 16.6. The van der Waals surface area contributed by atoms with Gasteiger partial charge in [-0.3, -0.25) is 10.1 Å². The predicted octanol–water partition coefficient (Wildman–Crippen LogP) is 1.58. The van der Waals surface area contributed by atoms with Crippen LogP contribution in [0.25, 0.3) is 17.0 Å². The van der Waals surface area contributed by atoms with E-state index >= 15 is 0 Å². The third kappa shape index (κ3) is 2.95. The molecule has 1 aliphatic heterocycles. The van der Waals surface area contributed by atoms with Gasteiger partial charge in [0.2, 0.25) is 0 Å². The Balaban J connectivity index is 2.16. The van der Waals surface area contributed by atoms with Gasteiger partial charge in [-0.15, -0.1) is 0 Å². The van der Waals surface area contributed by atoms with Crippen molar-refractivity contribution in [3.8, 4) is 5.75 Å². The van der Waals surface area contributed by atoms with E-state index in [2.05, 4.69) is 10.6 Å². The second-order valence-electron chi connectivity index (χ2n) is 5.13. The number of ether oxygens (including phenoxy) is 1. The Bertz CT molecular complexity index is 901. The minimum atomic E-state index is -0.495. The lowest BCUT2D eigenvalue weighted by Crippen LogP contribution is -2.52. The molecule has 1 aliphatic rings. The Morgan fingerprint density at radius 1 is 1.30 bits per heavy atom. The van der Waals surface area contributed by atoms with Gasteiger partial charge in [0.25, 0.3) is 5.91 Å². The average molecular weight is 330 g/mol. The van der Waals surface area contributed by atoms with E-state index in [0.717, 1.165) is 0 Å². The number of benzene rings is 1. The summed E-state index contributed by atoms with van der Waals surface area (Å²) in [4.78, 5) is 23.9. The van der Waals surface area contributed by atoms with Gasteiger partial charge < -0.3 is 14.5 Å². The first kappa shape index (κ1) is 15.2. The molecule has 23 heavy (non-hydrogen) atoms. The van der Waals surface area contributed by atoms with E-state index < -0.39 is 5.63 Å². The molecule has 0 spiro atoms. The lowest BCUT2D eigenvalue weighted by molar-refractivity contribution is -0.116. The summed E-state index contributed by atoms with van der Waals surface area (Å²) in [7, 11) is 1.54. The molecule has 2 heterocycles. The molecule has 0 aliphatic carbocycles. The fraction of sp³-hybridized carbons (Fsp3) is 0.188. The summed E-state index contributed by atoms with van der Waals surface area (Å²) in [5.74, 6) is 0.303. The van der Waals surface area contributed by atoms with Crippen LogP contribution >= 0.6 is 12.2 Å².